The zero-order chi connectivity index (χ0) is 54.6. The Balaban J connectivity index is 0.000000267. The Kier molecular flexibility index (Phi) is 25.2. The minimum Gasteiger partial charge on any atom is -0.868 e. The summed E-state index contributed by atoms with van der Waals surface area (Å²) in [4.78, 5) is 0. The van der Waals surface area contributed by atoms with E-state index in [1.807, 2.05) is 13.3 Å². The van der Waals surface area contributed by atoms with E-state index in [4.69, 9.17) is 0 Å². The fourth-order valence-corrected chi connectivity index (χ4v) is 70.1. The minimum absolute atomic E-state index is 0.612. The molecule has 0 fully saturated rings. The van der Waals surface area contributed by atoms with Gasteiger partial charge in [-0.3, -0.25) is 0 Å². The standard InChI is InChI=1S/2C11H15.2C9H13.2C6HF5O.2C2H7Si.2Hf/c2*1-2-3-4-5-8-11-9-6-7-10-11;2*1-6-5-7(2)9(4)8(6)3;2*7-1-2(8)4(10)6(12)5(11)3(1)9;2*1-3-2;;/h2*5-6,8-9H,2-4,7H2,1H3;2*6H,1-4H3;2*12H;2*3H,1-2H3;;/q;;;;;;;;2*+1/p-2/b2*8-5+;;;;;;;;. The predicted molar refractivity (Wildman–Crippen MR) is 268 cm³/mol. The van der Waals surface area contributed by atoms with Crippen molar-refractivity contribution in [2.24, 2.45) is 11.8 Å². The van der Waals surface area contributed by atoms with Gasteiger partial charge in [0.2, 0.25) is 0 Å². The first kappa shape index (κ1) is 63.2. The molecule has 0 amide bonds. The summed E-state index contributed by atoms with van der Waals surface area (Å²) in [5.41, 5.74) is 13.0. The van der Waals surface area contributed by atoms with Crippen LogP contribution in [0.3, 0.4) is 0 Å². The number of unbranched alkanes of at least 4 members (excludes halogenated alkanes) is 4. The van der Waals surface area contributed by atoms with Crippen LogP contribution in [0.4, 0.5) is 43.9 Å². The minimum atomic E-state index is -2.33. The maximum Gasteiger partial charge on any atom is 0.200 e. The smallest absolute Gasteiger partial charge is 0.200 e. The predicted octanol–water partition coefficient (Wildman–Crippen LogP) is 16.5. The Bertz CT molecular complexity index is 2260. The van der Waals surface area contributed by atoms with Crippen LogP contribution in [0.1, 0.15) is 121 Å². The zero-order valence-corrected chi connectivity index (χ0v) is 53.7. The Labute approximate surface area is 438 Å². The zero-order valence-electron chi connectivity index (χ0n) is 44.2. The molecule has 6 rings (SSSR count). The van der Waals surface area contributed by atoms with Gasteiger partial charge in [-0.2, -0.15) is 0 Å². The molecule has 0 saturated heterocycles. The van der Waals surface area contributed by atoms with Crippen molar-refractivity contribution >= 4 is 12.0 Å². The number of hydrogen-bond donors (Lipinski definition) is 0. The van der Waals surface area contributed by atoms with E-state index in [1.54, 1.807) is 44.6 Å². The second-order valence-electron chi connectivity index (χ2n) is 19.2. The van der Waals surface area contributed by atoms with E-state index >= 15 is 0 Å². The van der Waals surface area contributed by atoms with E-state index in [1.165, 1.54) is 51.4 Å². The van der Waals surface area contributed by atoms with Crippen molar-refractivity contribution < 1.29 is 95.3 Å². The summed E-state index contributed by atoms with van der Waals surface area (Å²) in [5.74, 6) is -26.9. The molecule has 2 aromatic rings. The van der Waals surface area contributed by atoms with Crippen molar-refractivity contribution in [2.45, 2.75) is 147 Å². The summed E-state index contributed by atoms with van der Waals surface area (Å²) in [6.45, 7) is 34.3. The maximum absolute atomic E-state index is 12.1. The molecule has 2 aromatic carbocycles. The molecule has 0 heterocycles. The van der Waals surface area contributed by atoms with Gasteiger partial charge in [0, 0.05) is 0 Å². The third-order valence-corrected chi connectivity index (χ3v) is 70.2. The first-order valence-corrected chi connectivity index (χ1v) is 50.1. The molecular formula is C56H70F10Hf2O2Si2. The molecule has 16 heteroatoms. The number of halogens is 10. The molecule has 0 aliphatic heterocycles. The van der Waals surface area contributed by atoms with Crippen LogP contribution in [0.2, 0.25) is 26.2 Å². The van der Waals surface area contributed by atoms with E-state index in [2.05, 4.69) is 144 Å². The molecule has 2 unspecified atom stereocenters. The van der Waals surface area contributed by atoms with Crippen LogP contribution in [0.15, 0.2) is 107 Å². The van der Waals surface area contributed by atoms with Gasteiger partial charge in [0.25, 0.3) is 0 Å². The molecule has 0 N–H and O–H groups in total. The SMILES string of the molecule is CCCC/C=C/C1=[C]([Hf+]([C]2=C(C)C(C)=C(C)C2C)[SiH](C)C)CC=C1.CCCC/C=C/C1=[C]([Hf+]([C]2=C(C)C(C)=C(C)C2C)[SiH](C)C)CC=C1.[O-]c1c(F)c(F)c(F)c(F)c1F.[O-]c1c(F)c(F)c(F)c(F)c1F. The second-order valence-corrected chi connectivity index (χ2v) is 72.4. The Morgan fingerprint density at radius 1 is 0.486 bits per heavy atom. The van der Waals surface area contributed by atoms with Gasteiger partial charge >= 0.3 is 318 Å². The van der Waals surface area contributed by atoms with Crippen LogP contribution in [0.25, 0.3) is 0 Å². The summed E-state index contributed by atoms with van der Waals surface area (Å²) in [6, 6.07) is 0. The Morgan fingerprint density at radius 2 is 0.764 bits per heavy atom. The van der Waals surface area contributed by atoms with Crippen LogP contribution < -0.4 is 10.2 Å². The van der Waals surface area contributed by atoms with Gasteiger partial charge in [0.15, 0.2) is 58.2 Å². The molecule has 0 radical (unpaired) electrons. The average Bonchev–Trinajstić information content (AvgIpc) is 4.11. The molecule has 4 aliphatic rings. The van der Waals surface area contributed by atoms with Gasteiger partial charge in [0.1, 0.15) is 0 Å². The van der Waals surface area contributed by atoms with Crippen molar-refractivity contribution in [1.82, 2.24) is 0 Å². The average molecular weight is 1380 g/mol. The molecule has 72 heavy (non-hydrogen) atoms. The third kappa shape index (κ3) is 14.6. The van der Waals surface area contributed by atoms with E-state index in [9.17, 15) is 54.1 Å². The van der Waals surface area contributed by atoms with Crippen LogP contribution >= 0.6 is 0 Å². The van der Waals surface area contributed by atoms with E-state index in [0.717, 1.165) is 11.8 Å². The number of allylic oxidation sites excluding steroid dienone is 20. The molecule has 2 nitrogen and oxygen atoms in total. The summed E-state index contributed by atoms with van der Waals surface area (Å²) in [5, 5.41) is 20.3. The van der Waals surface area contributed by atoms with Crippen molar-refractivity contribution in [2.75, 3.05) is 0 Å². The second kappa shape index (κ2) is 28.7. The van der Waals surface area contributed by atoms with Crippen LogP contribution in [0, 0.1) is 70.0 Å². The summed E-state index contributed by atoms with van der Waals surface area (Å²) in [7, 11) is 0. The monoisotopic (exact) mass is 1380 g/mol. The fraction of sp³-hybridized carbons (Fsp3) is 0.429. The Morgan fingerprint density at radius 3 is 1.00 bits per heavy atom. The summed E-state index contributed by atoms with van der Waals surface area (Å²) in [6.07, 6.45) is 29.7. The van der Waals surface area contributed by atoms with Crippen molar-refractivity contribution in [1.29, 1.82) is 0 Å². The molecule has 0 aromatic heterocycles. The Hall–Kier alpha value is -3.09. The summed E-state index contributed by atoms with van der Waals surface area (Å²) < 4.78 is 129. The van der Waals surface area contributed by atoms with Crippen molar-refractivity contribution in [3.63, 3.8) is 0 Å². The van der Waals surface area contributed by atoms with Gasteiger partial charge in [-0.25, -0.2) is 43.9 Å². The topological polar surface area (TPSA) is 46.1 Å². The fourth-order valence-electron chi connectivity index (χ4n) is 9.36. The largest absolute Gasteiger partial charge is 0.868 e. The molecule has 4 aliphatic carbocycles. The molecule has 2 atom stereocenters. The van der Waals surface area contributed by atoms with Crippen molar-refractivity contribution in [3.8, 4) is 11.5 Å². The van der Waals surface area contributed by atoms with E-state index in [0.29, 0.717) is 0 Å². The molecule has 0 saturated carbocycles. The van der Waals surface area contributed by atoms with E-state index < -0.39 is 123 Å². The molecule has 0 spiro atoms. The van der Waals surface area contributed by atoms with Crippen molar-refractivity contribution in [3.05, 3.63) is 165 Å². The maximum atomic E-state index is 12.1. The van der Waals surface area contributed by atoms with Gasteiger partial charge in [0.05, 0.1) is 0 Å². The third-order valence-electron chi connectivity index (χ3n) is 14.0. The number of hydrogen-bond acceptors (Lipinski definition) is 2. The molecule has 0 bridgehead atoms. The molecular weight excluding hydrogens is 1310 g/mol. The van der Waals surface area contributed by atoms with Gasteiger partial charge in [-0.1, -0.05) is 0 Å². The normalized spacial score (nSPS) is 17.8. The summed E-state index contributed by atoms with van der Waals surface area (Å²) >= 11 is -3.76. The van der Waals surface area contributed by atoms with Gasteiger partial charge in [-0.15, -0.1) is 0 Å². The van der Waals surface area contributed by atoms with Gasteiger partial charge < -0.3 is 10.2 Å². The van der Waals surface area contributed by atoms with Crippen LogP contribution in [0.5, 0.6) is 11.5 Å². The van der Waals surface area contributed by atoms with Crippen LogP contribution in [-0.2, 0) is 41.2 Å². The quantitative estimate of drug-likeness (QED) is 0.0622. The number of benzene rings is 2. The van der Waals surface area contributed by atoms with Gasteiger partial charge in [-0.05, 0) is 11.5 Å². The van der Waals surface area contributed by atoms with Crippen LogP contribution in [-0.4, -0.2) is 12.0 Å². The first-order valence-electron chi connectivity index (χ1n) is 24.7. The number of rotatable bonds is 14. The molecule has 392 valence electrons. The van der Waals surface area contributed by atoms with E-state index in [-0.39, 0.29) is 0 Å². The first-order chi connectivity index (χ1) is 33.7.